The Bertz CT molecular complexity index is 583. The predicted molar refractivity (Wildman–Crippen MR) is 80.6 cm³/mol. The van der Waals surface area contributed by atoms with Gasteiger partial charge in [0.2, 0.25) is 0 Å². The van der Waals surface area contributed by atoms with E-state index in [4.69, 9.17) is 9.47 Å². The van der Waals surface area contributed by atoms with Crippen molar-refractivity contribution in [3.8, 4) is 5.75 Å². The van der Waals surface area contributed by atoms with Crippen molar-refractivity contribution in [1.29, 1.82) is 0 Å². The van der Waals surface area contributed by atoms with Crippen LogP contribution >= 0.6 is 0 Å². The van der Waals surface area contributed by atoms with Crippen molar-refractivity contribution < 1.29 is 23.0 Å². The first kappa shape index (κ1) is 16.2. The fourth-order valence-electron chi connectivity index (χ4n) is 3.26. The molecule has 126 valence electrons. The molecule has 0 bridgehead atoms. The number of carbonyl (C=O) groups excluding carboxylic acids is 1. The lowest BCUT2D eigenvalue weighted by Crippen LogP contribution is -2.52. The molecular formula is C17H21F2NO3. The Balaban J connectivity index is 1.92. The molecule has 0 unspecified atom stereocenters. The molecule has 1 heterocycles. The van der Waals surface area contributed by atoms with Crippen molar-refractivity contribution in [3.63, 3.8) is 0 Å². The quantitative estimate of drug-likeness (QED) is 0.854. The Labute approximate surface area is 134 Å². The zero-order chi connectivity index (χ0) is 16.4. The normalized spacial score (nSPS) is 19.3. The number of benzene rings is 1. The zero-order valence-electron chi connectivity index (χ0n) is 13.2. The lowest BCUT2D eigenvalue weighted by Gasteiger charge is -2.44. The molecule has 1 aliphatic heterocycles. The van der Waals surface area contributed by atoms with Gasteiger partial charge in [-0.3, -0.25) is 4.79 Å². The van der Waals surface area contributed by atoms with E-state index in [1.54, 1.807) is 0 Å². The fraction of sp³-hybridized carbons (Fsp3) is 0.588. The molecule has 2 aliphatic rings. The first-order valence-electron chi connectivity index (χ1n) is 8.05. The van der Waals surface area contributed by atoms with Crippen molar-refractivity contribution in [2.75, 3.05) is 20.3 Å². The molecule has 23 heavy (non-hydrogen) atoms. The maximum Gasteiger partial charge on any atom is 0.258 e. The molecule has 1 aliphatic carbocycles. The summed E-state index contributed by atoms with van der Waals surface area (Å²) in [5.41, 5.74) is 0.0878. The Hall–Kier alpha value is -1.69. The summed E-state index contributed by atoms with van der Waals surface area (Å²) in [6, 6.07) is 2.13. The van der Waals surface area contributed by atoms with Gasteiger partial charge in [-0.25, -0.2) is 8.78 Å². The molecule has 0 N–H and O–H groups in total. The number of carbonyl (C=O) groups is 1. The van der Waals surface area contributed by atoms with Crippen LogP contribution in [-0.4, -0.2) is 43.2 Å². The summed E-state index contributed by atoms with van der Waals surface area (Å²) in [6.07, 6.45) is 4.54. The van der Waals surface area contributed by atoms with Gasteiger partial charge in [0.1, 0.15) is 5.75 Å². The van der Waals surface area contributed by atoms with E-state index >= 15 is 0 Å². The van der Waals surface area contributed by atoms with Gasteiger partial charge in [-0.1, -0.05) is 0 Å². The molecular weight excluding hydrogens is 304 g/mol. The highest BCUT2D eigenvalue weighted by molar-refractivity contribution is 5.97. The first-order valence-corrected chi connectivity index (χ1v) is 8.05. The first-order chi connectivity index (χ1) is 11.1. The number of halogens is 2. The van der Waals surface area contributed by atoms with Crippen LogP contribution in [0.5, 0.6) is 5.75 Å². The molecule has 4 nitrogen and oxygen atoms in total. The van der Waals surface area contributed by atoms with Crippen molar-refractivity contribution in [3.05, 3.63) is 29.3 Å². The van der Waals surface area contributed by atoms with Gasteiger partial charge in [-0.05, 0) is 38.2 Å². The van der Waals surface area contributed by atoms with E-state index in [-0.39, 0.29) is 29.3 Å². The molecule has 1 saturated carbocycles. The monoisotopic (exact) mass is 325 g/mol. The number of rotatable bonds is 4. The van der Waals surface area contributed by atoms with E-state index in [0.29, 0.717) is 13.2 Å². The molecule has 1 amide bonds. The van der Waals surface area contributed by atoms with E-state index in [0.717, 1.165) is 44.2 Å². The molecule has 1 saturated heterocycles. The van der Waals surface area contributed by atoms with Crippen molar-refractivity contribution >= 4 is 5.91 Å². The molecule has 0 aromatic heterocycles. The summed E-state index contributed by atoms with van der Waals surface area (Å²) in [4.78, 5) is 14.9. The van der Waals surface area contributed by atoms with Gasteiger partial charge in [-0.2, -0.15) is 0 Å². The molecule has 2 fully saturated rings. The average Bonchev–Trinajstić information content (AvgIpc) is 2.53. The van der Waals surface area contributed by atoms with Crippen LogP contribution in [0.4, 0.5) is 8.78 Å². The molecule has 3 rings (SSSR count). The average molecular weight is 325 g/mol. The highest BCUT2D eigenvalue weighted by Gasteiger charge is 2.36. The van der Waals surface area contributed by atoms with Crippen LogP contribution in [0.3, 0.4) is 0 Å². The standard InChI is InChI=1S/C17H21F2NO3/c1-22-16-10-15(19)14(18)9-13(16)17(21)20(11-3-2-4-11)12-5-7-23-8-6-12/h9-12H,2-8H2,1H3. The predicted octanol–water partition coefficient (Wildman–Crippen LogP) is 3.15. The summed E-state index contributed by atoms with van der Waals surface area (Å²) in [5, 5.41) is 0. The third-order valence-electron chi connectivity index (χ3n) is 4.76. The summed E-state index contributed by atoms with van der Waals surface area (Å²) in [7, 11) is 1.35. The lowest BCUT2D eigenvalue weighted by molar-refractivity contribution is 0.00386. The minimum Gasteiger partial charge on any atom is -0.496 e. The van der Waals surface area contributed by atoms with E-state index in [1.807, 2.05) is 4.90 Å². The minimum absolute atomic E-state index is 0.0743. The molecule has 1 aromatic rings. The number of amides is 1. The highest BCUT2D eigenvalue weighted by Crippen LogP contribution is 2.33. The summed E-state index contributed by atoms with van der Waals surface area (Å²) >= 11 is 0. The van der Waals surface area contributed by atoms with Crippen LogP contribution in [0.15, 0.2) is 12.1 Å². The highest BCUT2D eigenvalue weighted by atomic mass is 19.2. The lowest BCUT2D eigenvalue weighted by atomic mass is 9.88. The second-order valence-corrected chi connectivity index (χ2v) is 6.11. The van der Waals surface area contributed by atoms with Crippen LogP contribution in [-0.2, 0) is 4.74 Å². The van der Waals surface area contributed by atoms with Crippen LogP contribution in [0, 0.1) is 11.6 Å². The maximum atomic E-state index is 13.6. The number of ether oxygens (including phenoxy) is 2. The van der Waals surface area contributed by atoms with E-state index in [9.17, 15) is 13.6 Å². The van der Waals surface area contributed by atoms with Crippen LogP contribution in [0.25, 0.3) is 0 Å². The van der Waals surface area contributed by atoms with Gasteiger partial charge in [-0.15, -0.1) is 0 Å². The molecule has 0 atom stereocenters. The number of methoxy groups -OCH3 is 1. The van der Waals surface area contributed by atoms with Crippen molar-refractivity contribution in [2.24, 2.45) is 0 Å². The smallest absolute Gasteiger partial charge is 0.258 e. The molecule has 6 heteroatoms. The topological polar surface area (TPSA) is 38.8 Å². The molecule has 1 aromatic carbocycles. The van der Waals surface area contributed by atoms with Crippen molar-refractivity contribution in [1.82, 2.24) is 4.90 Å². The third-order valence-corrected chi connectivity index (χ3v) is 4.76. The van der Waals surface area contributed by atoms with Gasteiger partial charge >= 0.3 is 0 Å². The molecule has 0 spiro atoms. The number of nitrogens with zero attached hydrogens (tertiary/aromatic N) is 1. The second-order valence-electron chi connectivity index (χ2n) is 6.11. The minimum atomic E-state index is -1.03. The summed E-state index contributed by atoms with van der Waals surface area (Å²) < 4.78 is 37.5. The fourth-order valence-corrected chi connectivity index (χ4v) is 3.26. The Morgan fingerprint density at radius 2 is 1.74 bits per heavy atom. The Morgan fingerprint density at radius 1 is 1.13 bits per heavy atom. The van der Waals surface area contributed by atoms with E-state index in [1.165, 1.54) is 7.11 Å². The van der Waals surface area contributed by atoms with Crippen LogP contribution in [0.1, 0.15) is 42.5 Å². The van der Waals surface area contributed by atoms with Gasteiger partial charge in [0.15, 0.2) is 11.6 Å². The van der Waals surface area contributed by atoms with E-state index in [2.05, 4.69) is 0 Å². The van der Waals surface area contributed by atoms with Crippen LogP contribution in [0.2, 0.25) is 0 Å². The van der Waals surface area contributed by atoms with Gasteiger partial charge < -0.3 is 14.4 Å². The van der Waals surface area contributed by atoms with Crippen molar-refractivity contribution in [2.45, 2.75) is 44.2 Å². The zero-order valence-corrected chi connectivity index (χ0v) is 13.2. The second kappa shape index (κ2) is 6.83. The van der Waals surface area contributed by atoms with Gasteiger partial charge in [0.25, 0.3) is 5.91 Å². The summed E-state index contributed by atoms with van der Waals surface area (Å²) in [5.74, 6) is -2.25. The largest absolute Gasteiger partial charge is 0.496 e. The Morgan fingerprint density at radius 3 is 2.30 bits per heavy atom. The molecule has 0 radical (unpaired) electrons. The van der Waals surface area contributed by atoms with Gasteiger partial charge in [0.05, 0.1) is 12.7 Å². The summed E-state index contributed by atoms with van der Waals surface area (Å²) in [6.45, 7) is 1.24. The maximum absolute atomic E-state index is 13.6. The van der Waals surface area contributed by atoms with E-state index < -0.39 is 11.6 Å². The van der Waals surface area contributed by atoms with Crippen LogP contribution < -0.4 is 4.74 Å². The number of hydrogen-bond acceptors (Lipinski definition) is 3. The SMILES string of the molecule is COc1cc(F)c(F)cc1C(=O)N(C1CCC1)C1CCOCC1. The van der Waals surface area contributed by atoms with Gasteiger partial charge in [0, 0.05) is 31.4 Å². The number of hydrogen-bond donors (Lipinski definition) is 0. The Kier molecular flexibility index (Phi) is 4.80. The third kappa shape index (κ3) is 3.17.